The highest BCUT2D eigenvalue weighted by atomic mass is 16.8. The molecule has 1 aromatic rings. The van der Waals surface area contributed by atoms with Gasteiger partial charge in [0.15, 0.2) is 18.7 Å². The molecule has 22 heavy (non-hydrogen) atoms. The lowest BCUT2D eigenvalue weighted by Gasteiger charge is -2.39. The molecule has 3 fully saturated rings. The fourth-order valence-corrected chi connectivity index (χ4v) is 3.11. The van der Waals surface area contributed by atoms with Crippen molar-refractivity contribution >= 4 is 0 Å². The largest absolute Gasteiger partial charge is 0.385 e. The number of methoxy groups -OCH3 is 1. The van der Waals surface area contributed by atoms with Gasteiger partial charge in [-0.25, -0.2) is 0 Å². The first-order valence-electron chi connectivity index (χ1n) is 6.99. The molecular formula is C14H15NO7. The Kier molecular flexibility index (Phi) is 3.17. The Morgan fingerprint density at radius 3 is 2.73 bits per heavy atom. The van der Waals surface area contributed by atoms with E-state index in [2.05, 4.69) is 0 Å². The summed E-state index contributed by atoms with van der Waals surface area (Å²) in [5.41, 5.74) is -0.814. The van der Waals surface area contributed by atoms with E-state index in [9.17, 15) is 10.1 Å². The van der Waals surface area contributed by atoms with Crippen molar-refractivity contribution in [3.8, 4) is 0 Å². The summed E-state index contributed by atoms with van der Waals surface area (Å²) in [6.45, 7) is 0.176. The molecule has 3 aliphatic rings. The van der Waals surface area contributed by atoms with Gasteiger partial charge in [-0.05, 0) is 0 Å². The highest BCUT2D eigenvalue weighted by Gasteiger charge is 2.82. The van der Waals surface area contributed by atoms with Crippen LogP contribution in [0.15, 0.2) is 30.3 Å². The quantitative estimate of drug-likeness (QED) is 0.464. The molecule has 118 valence electrons. The summed E-state index contributed by atoms with van der Waals surface area (Å²) in [5, 5.41) is 11.5. The number of fused-ring (bicyclic) bond motifs is 3. The molecule has 1 aromatic carbocycles. The van der Waals surface area contributed by atoms with E-state index in [1.807, 2.05) is 30.3 Å². The second-order valence-electron chi connectivity index (χ2n) is 5.46. The number of nitro groups is 1. The monoisotopic (exact) mass is 309 g/mol. The van der Waals surface area contributed by atoms with E-state index in [0.29, 0.717) is 0 Å². The van der Waals surface area contributed by atoms with Crippen molar-refractivity contribution in [3.05, 3.63) is 46.0 Å². The van der Waals surface area contributed by atoms with Gasteiger partial charge in [0, 0.05) is 12.7 Å². The van der Waals surface area contributed by atoms with E-state index in [4.69, 9.17) is 23.7 Å². The van der Waals surface area contributed by atoms with Crippen molar-refractivity contribution in [2.45, 2.75) is 36.6 Å². The molecule has 3 heterocycles. The number of ether oxygens (including phenoxy) is 5. The van der Waals surface area contributed by atoms with E-state index in [1.165, 1.54) is 7.11 Å². The Hall–Kier alpha value is -1.58. The topological polar surface area (TPSA) is 92.6 Å². The number of hydrogen-bond acceptors (Lipinski definition) is 7. The zero-order chi connectivity index (χ0) is 15.3. The normalized spacial score (nSPS) is 43.0. The average Bonchev–Trinajstić information content (AvgIpc) is 3.32. The Morgan fingerprint density at radius 2 is 2.05 bits per heavy atom. The molecule has 8 nitrogen and oxygen atoms in total. The maximum atomic E-state index is 11.5. The zero-order valence-corrected chi connectivity index (χ0v) is 11.8. The van der Waals surface area contributed by atoms with Gasteiger partial charge in [0.05, 0.1) is 11.5 Å². The molecule has 1 unspecified atom stereocenters. The van der Waals surface area contributed by atoms with Gasteiger partial charge in [-0.1, -0.05) is 30.3 Å². The number of rotatable bonds is 3. The molecule has 3 saturated heterocycles. The van der Waals surface area contributed by atoms with E-state index < -0.39 is 41.5 Å². The van der Waals surface area contributed by atoms with Gasteiger partial charge in [-0.2, -0.15) is 0 Å². The average molecular weight is 309 g/mol. The van der Waals surface area contributed by atoms with Crippen LogP contribution >= 0.6 is 0 Å². The van der Waals surface area contributed by atoms with Crippen LogP contribution in [-0.4, -0.2) is 49.0 Å². The molecule has 0 radical (unpaired) electrons. The summed E-state index contributed by atoms with van der Waals surface area (Å²) < 4.78 is 27.6. The third-order valence-corrected chi connectivity index (χ3v) is 4.24. The molecule has 0 spiro atoms. The lowest BCUT2D eigenvalue weighted by Crippen LogP contribution is -2.60. The maximum absolute atomic E-state index is 11.5. The Labute approximate surface area is 126 Å². The molecule has 0 aromatic heterocycles. The van der Waals surface area contributed by atoms with Crippen LogP contribution in [0.3, 0.4) is 0 Å². The van der Waals surface area contributed by atoms with Crippen LogP contribution in [0.5, 0.6) is 0 Å². The first-order valence-corrected chi connectivity index (χ1v) is 6.99. The molecule has 0 amide bonds. The standard InChI is InChI=1S/C14H15NO7/c1-18-13-11-14(22-11,15(16)17)10-9(20-13)7-19-12(21-10)8-5-3-2-4-6-8/h2-6,9-13H,7H2,1H3/t9-,10-,11+,12?,13-,14-/m1/s1. The molecule has 0 saturated carbocycles. The smallest absolute Gasteiger partial charge is 0.353 e. The van der Waals surface area contributed by atoms with E-state index in [0.717, 1.165) is 5.56 Å². The maximum Gasteiger partial charge on any atom is 0.385 e. The fourth-order valence-electron chi connectivity index (χ4n) is 3.11. The first-order chi connectivity index (χ1) is 10.7. The number of epoxide rings is 1. The van der Waals surface area contributed by atoms with Gasteiger partial charge < -0.3 is 18.9 Å². The molecule has 8 heteroatoms. The highest BCUT2D eigenvalue weighted by molar-refractivity contribution is 5.18. The molecular weight excluding hydrogens is 294 g/mol. The third kappa shape index (κ3) is 1.89. The zero-order valence-electron chi connectivity index (χ0n) is 11.8. The van der Waals surface area contributed by atoms with E-state index in [-0.39, 0.29) is 6.61 Å². The molecule has 0 N–H and O–H groups in total. The van der Waals surface area contributed by atoms with Gasteiger partial charge in [0.2, 0.25) is 6.10 Å². The van der Waals surface area contributed by atoms with Crippen molar-refractivity contribution in [3.63, 3.8) is 0 Å². The number of hydrogen-bond donors (Lipinski definition) is 0. The van der Waals surface area contributed by atoms with Gasteiger partial charge in [-0.3, -0.25) is 14.9 Å². The van der Waals surface area contributed by atoms with Crippen LogP contribution in [0.25, 0.3) is 0 Å². The van der Waals surface area contributed by atoms with Gasteiger partial charge >= 0.3 is 5.72 Å². The van der Waals surface area contributed by atoms with Crippen molar-refractivity contribution in [1.29, 1.82) is 0 Å². The van der Waals surface area contributed by atoms with Gasteiger partial charge in [-0.15, -0.1) is 0 Å². The van der Waals surface area contributed by atoms with Crippen molar-refractivity contribution < 1.29 is 28.6 Å². The van der Waals surface area contributed by atoms with Crippen LogP contribution in [0.4, 0.5) is 0 Å². The minimum Gasteiger partial charge on any atom is -0.353 e. The summed E-state index contributed by atoms with van der Waals surface area (Å²) in [4.78, 5) is 11.1. The van der Waals surface area contributed by atoms with Crippen LogP contribution in [-0.2, 0) is 23.7 Å². The Morgan fingerprint density at radius 1 is 1.27 bits per heavy atom. The van der Waals surface area contributed by atoms with Gasteiger partial charge in [0.1, 0.15) is 6.10 Å². The van der Waals surface area contributed by atoms with Crippen molar-refractivity contribution in [2.75, 3.05) is 13.7 Å². The molecule has 0 aliphatic carbocycles. The fraction of sp³-hybridized carbons (Fsp3) is 0.571. The molecule has 3 aliphatic heterocycles. The Bertz CT molecular complexity index is 582. The minimum atomic E-state index is -1.61. The Balaban J connectivity index is 1.61. The second kappa shape index (κ2) is 4.97. The minimum absolute atomic E-state index is 0.176. The second-order valence-corrected chi connectivity index (χ2v) is 5.46. The predicted octanol–water partition coefficient (Wildman–Crippen LogP) is 0.844. The first kappa shape index (κ1) is 14.0. The summed E-state index contributed by atoms with van der Waals surface area (Å²) in [6.07, 6.45) is -3.66. The predicted molar refractivity (Wildman–Crippen MR) is 70.3 cm³/mol. The molecule has 6 atom stereocenters. The van der Waals surface area contributed by atoms with Crippen LogP contribution in [0.2, 0.25) is 0 Å². The van der Waals surface area contributed by atoms with Crippen molar-refractivity contribution in [2.24, 2.45) is 0 Å². The van der Waals surface area contributed by atoms with E-state index in [1.54, 1.807) is 0 Å². The summed E-state index contributed by atoms with van der Waals surface area (Å²) >= 11 is 0. The number of nitrogens with zero attached hydrogens (tertiary/aromatic N) is 1. The van der Waals surface area contributed by atoms with E-state index >= 15 is 0 Å². The van der Waals surface area contributed by atoms with Crippen molar-refractivity contribution in [1.82, 2.24) is 0 Å². The lowest BCUT2D eigenvalue weighted by atomic mass is 9.98. The van der Waals surface area contributed by atoms with Crippen LogP contribution < -0.4 is 0 Å². The SMILES string of the molecule is CO[C@@H]1O[C@@H]2COC(c3ccccc3)O[C@H]2[C@@]2([N+](=O)[O-])O[C@@H]12. The summed E-state index contributed by atoms with van der Waals surface area (Å²) in [6, 6.07) is 9.27. The summed E-state index contributed by atoms with van der Waals surface area (Å²) in [7, 11) is 1.43. The van der Waals surface area contributed by atoms with Crippen LogP contribution in [0.1, 0.15) is 11.9 Å². The third-order valence-electron chi connectivity index (χ3n) is 4.24. The highest BCUT2D eigenvalue weighted by Crippen LogP contribution is 2.52. The molecule has 0 bridgehead atoms. The van der Waals surface area contributed by atoms with Gasteiger partial charge in [0.25, 0.3) is 0 Å². The number of benzene rings is 1. The molecule has 4 rings (SSSR count). The lowest BCUT2D eigenvalue weighted by molar-refractivity contribution is -0.591. The summed E-state index contributed by atoms with van der Waals surface area (Å²) in [5.74, 6) is 0. The van der Waals surface area contributed by atoms with Crippen LogP contribution in [0, 0.1) is 10.1 Å².